The third-order valence-electron chi connectivity index (χ3n) is 2.52. The van der Waals surface area contributed by atoms with Crippen LogP contribution in [0.2, 0.25) is 0 Å². The van der Waals surface area contributed by atoms with Crippen molar-refractivity contribution < 1.29 is 9.90 Å². The van der Waals surface area contributed by atoms with Crippen molar-refractivity contribution in [2.24, 2.45) is 0 Å². The van der Waals surface area contributed by atoms with Crippen molar-refractivity contribution in [1.82, 2.24) is 9.55 Å². The second-order valence-electron chi connectivity index (χ2n) is 3.69. The van der Waals surface area contributed by atoms with Gasteiger partial charge >= 0.3 is 5.97 Å². The molecule has 4 nitrogen and oxygen atoms in total. The zero-order valence-electron chi connectivity index (χ0n) is 9.44. The van der Waals surface area contributed by atoms with Crippen LogP contribution >= 0.6 is 15.9 Å². The summed E-state index contributed by atoms with van der Waals surface area (Å²) in [5, 5.41) is 9.24. The molecule has 1 aromatic carbocycles. The minimum atomic E-state index is -0.973. The second-order valence-corrected chi connectivity index (χ2v) is 4.54. The van der Waals surface area contributed by atoms with Crippen LogP contribution in [0.5, 0.6) is 0 Å². The third kappa shape index (κ3) is 1.98. The highest BCUT2D eigenvalue weighted by Crippen LogP contribution is 2.25. The zero-order chi connectivity index (χ0) is 12.6. The summed E-state index contributed by atoms with van der Waals surface area (Å²) in [6.07, 6.45) is 0. The number of aromatic nitrogens is 2. The average molecular weight is 295 g/mol. The lowest BCUT2D eigenvalue weighted by atomic mass is 10.3. The highest BCUT2D eigenvalue weighted by molar-refractivity contribution is 9.10. The van der Waals surface area contributed by atoms with Crippen LogP contribution in [0.15, 0.2) is 28.7 Å². The summed E-state index contributed by atoms with van der Waals surface area (Å²) in [4.78, 5) is 15.5. The molecule has 0 saturated heterocycles. The van der Waals surface area contributed by atoms with E-state index in [0.717, 1.165) is 10.2 Å². The minimum absolute atomic E-state index is 0.203. The molecule has 0 radical (unpaired) electrons. The Morgan fingerprint density at radius 3 is 2.59 bits per heavy atom. The Balaban J connectivity index is 2.76. The SMILES string of the molecule is Cc1nc(C)n(-c2ccccc2Br)c1C(=O)O. The van der Waals surface area contributed by atoms with Gasteiger partial charge in [-0.15, -0.1) is 0 Å². The number of hydrogen-bond donors (Lipinski definition) is 1. The first-order valence-corrected chi connectivity index (χ1v) is 5.86. The first-order valence-electron chi connectivity index (χ1n) is 5.06. The van der Waals surface area contributed by atoms with Crippen LogP contribution in [0, 0.1) is 13.8 Å². The lowest BCUT2D eigenvalue weighted by Crippen LogP contribution is -2.09. The van der Waals surface area contributed by atoms with E-state index < -0.39 is 5.97 Å². The van der Waals surface area contributed by atoms with Crippen molar-refractivity contribution in [2.75, 3.05) is 0 Å². The number of hydrogen-bond acceptors (Lipinski definition) is 2. The topological polar surface area (TPSA) is 55.1 Å². The molecule has 0 fully saturated rings. The van der Waals surface area contributed by atoms with Gasteiger partial charge in [0, 0.05) is 4.47 Å². The number of imidazole rings is 1. The quantitative estimate of drug-likeness (QED) is 0.926. The maximum absolute atomic E-state index is 11.3. The summed E-state index contributed by atoms with van der Waals surface area (Å²) >= 11 is 3.42. The fourth-order valence-corrected chi connectivity index (χ4v) is 2.31. The molecule has 1 heterocycles. The Bertz CT molecular complexity index is 590. The number of para-hydroxylation sites is 1. The van der Waals surface area contributed by atoms with Gasteiger partial charge in [-0.2, -0.15) is 0 Å². The number of halogens is 1. The summed E-state index contributed by atoms with van der Waals surface area (Å²) in [5.41, 5.74) is 1.50. The van der Waals surface area contributed by atoms with Gasteiger partial charge in [0.1, 0.15) is 5.82 Å². The van der Waals surface area contributed by atoms with Crippen molar-refractivity contribution in [2.45, 2.75) is 13.8 Å². The maximum atomic E-state index is 11.3. The lowest BCUT2D eigenvalue weighted by molar-refractivity contribution is 0.0687. The highest BCUT2D eigenvalue weighted by Gasteiger charge is 2.20. The molecule has 1 N–H and O–H groups in total. The van der Waals surface area contributed by atoms with E-state index in [-0.39, 0.29) is 5.69 Å². The van der Waals surface area contributed by atoms with E-state index in [1.807, 2.05) is 24.3 Å². The number of benzene rings is 1. The molecule has 0 spiro atoms. The zero-order valence-corrected chi connectivity index (χ0v) is 11.0. The van der Waals surface area contributed by atoms with Crippen molar-refractivity contribution in [3.05, 3.63) is 46.0 Å². The summed E-state index contributed by atoms with van der Waals surface area (Å²) in [6, 6.07) is 7.47. The van der Waals surface area contributed by atoms with Gasteiger partial charge in [-0.05, 0) is 41.9 Å². The van der Waals surface area contributed by atoms with Gasteiger partial charge in [-0.3, -0.25) is 4.57 Å². The number of rotatable bonds is 2. The van der Waals surface area contributed by atoms with Gasteiger partial charge in [0.15, 0.2) is 5.69 Å². The predicted octanol–water partition coefficient (Wildman–Crippen LogP) is 2.95. The molecule has 17 heavy (non-hydrogen) atoms. The van der Waals surface area contributed by atoms with Crippen molar-refractivity contribution >= 4 is 21.9 Å². The van der Waals surface area contributed by atoms with Gasteiger partial charge < -0.3 is 5.11 Å². The Morgan fingerprint density at radius 2 is 2.00 bits per heavy atom. The largest absolute Gasteiger partial charge is 0.477 e. The fraction of sp³-hybridized carbons (Fsp3) is 0.167. The standard InChI is InChI=1S/C12H11BrN2O2/c1-7-11(12(16)17)15(8(2)14-7)10-6-4-3-5-9(10)13/h3-6H,1-2H3,(H,16,17). The lowest BCUT2D eigenvalue weighted by Gasteiger charge is -2.09. The maximum Gasteiger partial charge on any atom is 0.354 e. The van der Waals surface area contributed by atoms with Crippen LogP contribution in [0.4, 0.5) is 0 Å². The molecule has 0 bridgehead atoms. The van der Waals surface area contributed by atoms with E-state index >= 15 is 0 Å². The molecule has 88 valence electrons. The highest BCUT2D eigenvalue weighted by atomic mass is 79.9. The summed E-state index contributed by atoms with van der Waals surface area (Å²) in [6.45, 7) is 3.49. The number of aromatic carboxylic acids is 1. The molecule has 0 amide bonds. The first-order chi connectivity index (χ1) is 8.02. The number of nitrogens with zero attached hydrogens (tertiary/aromatic N) is 2. The van der Waals surface area contributed by atoms with Gasteiger partial charge in [0.25, 0.3) is 0 Å². The van der Waals surface area contributed by atoms with Gasteiger partial charge in [0.2, 0.25) is 0 Å². The number of carboxylic acids is 1. The van der Waals surface area contributed by atoms with E-state index in [1.165, 1.54) is 0 Å². The van der Waals surface area contributed by atoms with E-state index in [1.54, 1.807) is 18.4 Å². The van der Waals surface area contributed by atoms with Gasteiger partial charge in [-0.25, -0.2) is 9.78 Å². The third-order valence-corrected chi connectivity index (χ3v) is 3.19. The minimum Gasteiger partial charge on any atom is -0.477 e. The molecule has 0 saturated carbocycles. The van der Waals surface area contributed by atoms with Crippen molar-refractivity contribution in [3.8, 4) is 5.69 Å². The van der Waals surface area contributed by atoms with Crippen LogP contribution in [0.25, 0.3) is 5.69 Å². The van der Waals surface area contributed by atoms with E-state index in [4.69, 9.17) is 0 Å². The molecule has 2 aromatic rings. The molecule has 0 aliphatic heterocycles. The Morgan fingerprint density at radius 1 is 1.35 bits per heavy atom. The summed E-state index contributed by atoms with van der Waals surface area (Å²) < 4.78 is 2.48. The van der Waals surface area contributed by atoms with Crippen LogP contribution < -0.4 is 0 Å². The number of carboxylic acid groups (broad SMARTS) is 1. The molecule has 0 aliphatic carbocycles. The van der Waals surface area contributed by atoms with Crippen LogP contribution in [-0.2, 0) is 0 Å². The molecule has 1 aromatic heterocycles. The molecule has 5 heteroatoms. The van der Waals surface area contributed by atoms with Crippen LogP contribution in [0.1, 0.15) is 22.0 Å². The van der Waals surface area contributed by atoms with E-state index in [9.17, 15) is 9.90 Å². The Labute approximate surface area is 107 Å². The number of carbonyl (C=O) groups is 1. The van der Waals surface area contributed by atoms with Crippen LogP contribution in [0.3, 0.4) is 0 Å². The molecular weight excluding hydrogens is 284 g/mol. The smallest absolute Gasteiger partial charge is 0.354 e. The fourth-order valence-electron chi connectivity index (χ4n) is 1.85. The molecule has 0 atom stereocenters. The average Bonchev–Trinajstić information content (AvgIpc) is 2.54. The van der Waals surface area contributed by atoms with Gasteiger partial charge in [0.05, 0.1) is 11.4 Å². The second kappa shape index (κ2) is 4.33. The van der Waals surface area contributed by atoms with Crippen LogP contribution in [-0.4, -0.2) is 20.6 Å². The van der Waals surface area contributed by atoms with Crippen molar-refractivity contribution in [1.29, 1.82) is 0 Å². The normalized spacial score (nSPS) is 10.5. The number of aryl methyl sites for hydroxylation is 2. The Hall–Kier alpha value is -1.62. The predicted molar refractivity (Wildman–Crippen MR) is 67.7 cm³/mol. The van der Waals surface area contributed by atoms with Gasteiger partial charge in [-0.1, -0.05) is 12.1 Å². The molecular formula is C12H11BrN2O2. The summed E-state index contributed by atoms with van der Waals surface area (Å²) in [7, 11) is 0. The molecule has 2 rings (SSSR count). The first kappa shape index (κ1) is 11.9. The monoisotopic (exact) mass is 294 g/mol. The van der Waals surface area contributed by atoms with Crippen molar-refractivity contribution in [3.63, 3.8) is 0 Å². The summed E-state index contributed by atoms with van der Waals surface area (Å²) in [5.74, 6) is -0.314. The van der Waals surface area contributed by atoms with E-state index in [0.29, 0.717) is 11.5 Å². The molecule has 0 unspecified atom stereocenters. The van der Waals surface area contributed by atoms with E-state index in [2.05, 4.69) is 20.9 Å². The Kier molecular flexibility index (Phi) is 3.02. The molecule has 0 aliphatic rings.